The summed E-state index contributed by atoms with van der Waals surface area (Å²) in [6, 6.07) is 30.2. The molecule has 3 aromatic carbocycles. The van der Waals surface area contributed by atoms with E-state index < -0.39 is 6.10 Å². The van der Waals surface area contributed by atoms with Crippen molar-refractivity contribution in [3.05, 3.63) is 102 Å². The quantitative estimate of drug-likeness (QED) is 0.281. The number of hydrogen-bond acceptors (Lipinski definition) is 6. The molecular weight excluding hydrogens is 450 g/mol. The van der Waals surface area contributed by atoms with E-state index >= 15 is 0 Å². The van der Waals surface area contributed by atoms with Crippen LogP contribution in [0, 0.1) is 0 Å². The molecule has 4 aromatic rings. The first-order valence-corrected chi connectivity index (χ1v) is 12.4. The van der Waals surface area contributed by atoms with E-state index in [2.05, 4.69) is 40.9 Å². The van der Waals surface area contributed by atoms with Crippen molar-refractivity contribution >= 4 is 5.88 Å². The highest BCUT2D eigenvalue weighted by molar-refractivity contribution is 5.68. The number of para-hydroxylation sites is 1. The van der Waals surface area contributed by atoms with Crippen LogP contribution < -0.4 is 9.64 Å². The van der Waals surface area contributed by atoms with E-state index in [1.54, 1.807) is 0 Å². The molecule has 1 N–H and O–H groups in total. The van der Waals surface area contributed by atoms with E-state index in [1.807, 2.05) is 85.9 Å². The molecule has 188 valence electrons. The summed E-state index contributed by atoms with van der Waals surface area (Å²) in [7, 11) is 2.02. The molecule has 0 aliphatic rings. The van der Waals surface area contributed by atoms with Gasteiger partial charge in [0, 0.05) is 38.3 Å². The molecule has 0 saturated carbocycles. The van der Waals surface area contributed by atoms with E-state index in [-0.39, 0.29) is 12.6 Å². The van der Waals surface area contributed by atoms with E-state index in [1.165, 1.54) is 5.56 Å². The molecule has 0 amide bonds. The summed E-state index contributed by atoms with van der Waals surface area (Å²) in [5.74, 6) is 1.49. The Bertz CT molecular complexity index is 1180. The first-order valence-electron chi connectivity index (χ1n) is 12.4. The zero-order chi connectivity index (χ0) is 25.3. The molecule has 0 aliphatic heterocycles. The SMILES string of the molecule is CC(C)N(Cc1c(-c2ccccc2)noc1N(C)Cc1ccccc1)CC(O)COc1ccccc1. The lowest BCUT2D eigenvalue weighted by Crippen LogP contribution is -2.39. The number of nitrogens with zero attached hydrogens (tertiary/aromatic N) is 3. The molecule has 6 heteroatoms. The standard InChI is InChI=1S/C30H35N3O3/c1-23(2)33(20-26(34)22-35-27-17-11-6-12-18-27)21-28-29(25-15-9-5-10-16-25)31-36-30(28)32(3)19-24-13-7-4-8-14-24/h4-18,23,26,34H,19-22H2,1-3H3. The van der Waals surface area contributed by atoms with E-state index in [4.69, 9.17) is 9.26 Å². The second-order valence-electron chi connectivity index (χ2n) is 9.32. The van der Waals surface area contributed by atoms with Crippen LogP contribution in [0.25, 0.3) is 11.3 Å². The Balaban J connectivity index is 1.55. The molecule has 0 saturated heterocycles. The maximum atomic E-state index is 10.8. The average Bonchev–Trinajstić information content (AvgIpc) is 3.32. The van der Waals surface area contributed by atoms with Crippen LogP contribution in [0.3, 0.4) is 0 Å². The summed E-state index contributed by atoms with van der Waals surface area (Å²) >= 11 is 0. The molecule has 1 heterocycles. The number of anilines is 1. The Morgan fingerprint density at radius 3 is 2.11 bits per heavy atom. The number of aliphatic hydroxyl groups excluding tert-OH is 1. The zero-order valence-corrected chi connectivity index (χ0v) is 21.2. The Morgan fingerprint density at radius 2 is 1.47 bits per heavy atom. The number of aliphatic hydroxyl groups is 1. The van der Waals surface area contributed by atoms with Crippen LogP contribution in [0.15, 0.2) is 95.5 Å². The van der Waals surface area contributed by atoms with Crippen LogP contribution in [0.1, 0.15) is 25.0 Å². The van der Waals surface area contributed by atoms with E-state index in [0.717, 1.165) is 28.5 Å². The number of aromatic nitrogens is 1. The van der Waals surface area contributed by atoms with Crippen LogP contribution in [0.2, 0.25) is 0 Å². The Kier molecular flexibility index (Phi) is 8.76. The van der Waals surface area contributed by atoms with Gasteiger partial charge < -0.3 is 19.3 Å². The van der Waals surface area contributed by atoms with Gasteiger partial charge in [-0.1, -0.05) is 84.0 Å². The summed E-state index contributed by atoms with van der Waals surface area (Å²) in [4.78, 5) is 4.33. The molecule has 1 atom stereocenters. The molecule has 0 radical (unpaired) electrons. The van der Waals surface area contributed by atoms with Gasteiger partial charge in [0.2, 0.25) is 5.88 Å². The molecule has 0 aliphatic carbocycles. The fourth-order valence-electron chi connectivity index (χ4n) is 4.19. The molecule has 1 unspecified atom stereocenters. The van der Waals surface area contributed by atoms with Crippen molar-refractivity contribution in [2.24, 2.45) is 0 Å². The highest BCUT2D eigenvalue weighted by Gasteiger charge is 2.25. The van der Waals surface area contributed by atoms with Gasteiger partial charge in [0.05, 0.1) is 5.56 Å². The summed E-state index contributed by atoms with van der Waals surface area (Å²) < 4.78 is 11.7. The second kappa shape index (κ2) is 12.4. The van der Waals surface area contributed by atoms with Crippen LogP contribution in [-0.2, 0) is 13.1 Å². The van der Waals surface area contributed by atoms with Gasteiger partial charge in [-0.2, -0.15) is 0 Å². The molecule has 6 nitrogen and oxygen atoms in total. The van der Waals surface area contributed by atoms with Gasteiger partial charge >= 0.3 is 0 Å². The van der Waals surface area contributed by atoms with Crippen molar-refractivity contribution in [1.29, 1.82) is 0 Å². The van der Waals surface area contributed by atoms with Gasteiger partial charge in [-0.05, 0) is 31.5 Å². The first-order chi connectivity index (χ1) is 17.5. The topological polar surface area (TPSA) is 62.0 Å². The van der Waals surface area contributed by atoms with Crippen molar-refractivity contribution in [2.45, 2.75) is 39.1 Å². The van der Waals surface area contributed by atoms with Crippen LogP contribution >= 0.6 is 0 Å². The molecule has 4 rings (SSSR count). The van der Waals surface area contributed by atoms with Gasteiger partial charge in [0.1, 0.15) is 24.2 Å². The number of rotatable bonds is 12. The Labute approximate surface area is 213 Å². The van der Waals surface area contributed by atoms with Gasteiger partial charge in [-0.3, -0.25) is 4.90 Å². The largest absolute Gasteiger partial charge is 0.491 e. The summed E-state index contributed by atoms with van der Waals surface area (Å²) in [5, 5.41) is 15.3. The lowest BCUT2D eigenvalue weighted by Gasteiger charge is -2.29. The maximum Gasteiger partial charge on any atom is 0.232 e. The maximum absolute atomic E-state index is 10.8. The molecule has 1 aromatic heterocycles. The Hall–Kier alpha value is -3.61. The second-order valence-corrected chi connectivity index (χ2v) is 9.32. The fourth-order valence-corrected chi connectivity index (χ4v) is 4.19. The summed E-state index contributed by atoms with van der Waals surface area (Å²) in [6.45, 7) is 6.24. The predicted octanol–water partition coefficient (Wildman–Crippen LogP) is 5.63. The third-order valence-corrected chi connectivity index (χ3v) is 6.15. The number of ether oxygens (including phenoxy) is 1. The predicted molar refractivity (Wildman–Crippen MR) is 144 cm³/mol. The molecule has 0 fully saturated rings. The minimum Gasteiger partial charge on any atom is -0.491 e. The van der Waals surface area contributed by atoms with Gasteiger partial charge in [0.25, 0.3) is 0 Å². The van der Waals surface area contributed by atoms with Crippen LogP contribution in [-0.4, -0.2) is 47.5 Å². The van der Waals surface area contributed by atoms with E-state index in [9.17, 15) is 5.11 Å². The van der Waals surface area contributed by atoms with Gasteiger partial charge in [-0.25, -0.2) is 0 Å². The summed E-state index contributed by atoms with van der Waals surface area (Å²) in [6.07, 6.45) is -0.641. The molecular formula is C30H35N3O3. The summed E-state index contributed by atoms with van der Waals surface area (Å²) in [5.41, 5.74) is 4.03. The van der Waals surface area contributed by atoms with Crippen molar-refractivity contribution in [1.82, 2.24) is 10.1 Å². The highest BCUT2D eigenvalue weighted by Crippen LogP contribution is 2.33. The van der Waals surface area contributed by atoms with Gasteiger partial charge in [-0.15, -0.1) is 0 Å². The monoisotopic (exact) mass is 485 g/mol. The van der Waals surface area contributed by atoms with Crippen molar-refractivity contribution in [2.75, 3.05) is 25.1 Å². The van der Waals surface area contributed by atoms with Gasteiger partial charge in [0.15, 0.2) is 0 Å². The molecule has 0 bridgehead atoms. The first kappa shape index (κ1) is 25.5. The minimum atomic E-state index is -0.641. The van der Waals surface area contributed by atoms with Crippen LogP contribution in [0.5, 0.6) is 5.75 Å². The number of hydrogen-bond donors (Lipinski definition) is 1. The highest BCUT2D eigenvalue weighted by atomic mass is 16.5. The molecule has 0 spiro atoms. The van der Waals surface area contributed by atoms with Crippen LogP contribution in [0.4, 0.5) is 5.88 Å². The fraction of sp³-hybridized carbons (Fsp3) is 0.300. The smallest absolute Gasteiger partial charge is 0.232 e. The van der Waals surface area contributed by atoms with E-state index in [0.29, 0.717) is 19.6 Å². The van der Waals surface area contributed by atoms with Crippen molar-refractivity contribution in [3.8, 4) is 17.0 Å². The number of benzene rings is 3. The third kappa shape index (κ3) is 6.74. The minimum absolute atomic E-state index is 0.196. The third-order valence-electron chi connectivity index (χ3n) is 6.15. The van der Waals surface area contributed by atoms with Crippen molar-refractivity contribution < 1.29 is 14.4 Å². The molecule has 36 heavy (non-hydrogen) atoms. The zero-order valence-electron chi connectivity index (χ0n) is 21.2. The lowest BCUT2D eigenvalue weighted by atomic mass is 10.1. The lowest BCUT2D eigenvalue weighted by molar-refractivity contribution is 0.0543. The average molecular weight is 486 g/mol. The van der Waals surface area contributed by atoms with Crippen molar-refractivity contribution in [3.63, 3.8) is 0 Å². The Morgan fingerprint density at radius 1 is 0.861 bits per heavy atom. The normalized spacial score (nSPS) is 12.2.